The highest BCUT2D eigenvalue weighted by Gasteiger charge is 2.09. The van der Waals surface area contributed by atoms with Crippen LogP contribution in [0.5, 0.6) is 0 Å². The van der Waals surface area contributed by atoms with E-state index >= 15 is 0 Å². The molecule has 2 rings (SSSR count). The minimum absolute atomic E-state index is 0.289. The first-order chi connectivity index (χ1) is 8.19. The summed E-state index contributed by atoms with van der Waals surface area (Å²) >= 11 is 1.30. The lowest BCUT2D eigenvalue weighted by Crippen LogP contribution is -2.14. The van der Waals surface area contributed by atoms with Crippen molar-refractivity contribution < 1.29 is 4.79 Å². The molecule has 2 aromatic rings. The molecule has 2 heterocycles. The van der Waals surface area contributed by atoms with Gasteiger partial charge >= 0.3 is 0 Å². The van der Waals surface area contributed by atoms with Crippen LogP contribution in [0.4, 0.5) is 10.8 Å². The Morgan fingerprint density at radius 2 is 2.24 bits per heavy atom. The van der Waals surface area contributed by atoms with Crippen molar-refractivity contribution in [3.63, 3.8) is 0 Å². The highest BCUT2D eigenvalue weighted by molar-refractivity contribution is 7.15. The summed E-state index contributed by atoms with van der Waals surface area (Å²) in [6, 6.07) is 3.23. The Morgan fingerprint density at radius 3 is 2.76 bits per heavy atom. The van der Waals surface area contributed by atoms with Crippen molar-refractivity contribution in [1.29, 1.82) is 0 Å². The molecule has 8 heteroatoms. The molecule has 0 aliphatic rings. The molecule has 0 aromatic carbocycles. The van der Waals surface area contributed by atoms with E-state index in [-0.39, 0.29) is 11.6 Å². The van der Waals surface area contributed by atoms with Crippen molar-refractivity contribution in [2.45, 2.75) is 6.92 Å². The van der Waals surface area contributed by atoms with Gasteiger partial charge in [-0.05, 0) is 19.1 Å². The van der Waals surface area contributed by atoms with E-state index in [0.29, 0.717) is 10.8 Å². The topological polar surface area (TPSA) is 106 Å². The summed E-state index contributed by atoms with van der Waals surface area (Å²) in [6.45, 7) is 1.81. The van der Waals surface area contributed by atoms with E-state index in [1.807, 2.05) is 6.92 Å². The molecule has 0 fully saturated rings. The number of anilines is 2. The van der Waals surface area contributed by atoms with E-state index in [1.54, 1.807) is 12.1 Å². The molecule has 17 heavy (non-hydrogen) atoms. The van der Waals surface area contributed by atoms with E-state index in [1.165, 1.54) is 17.5 Å². The fourth-order valence-electron chi connectivity index (χ4n) is 1.12. The first-order valence-electron chi connectivity index (χ1n) is 4.73. The number of carbonyl (C=O) groups excluding carboxylic acids is 1. The lowest BCUT2D eigenvalue weighted by atomic mass is 10.3. The lowest BCUT2D eigenvalue weighted by molar-refractivity contribution is 0.102. The zero-order valence-corrected chi connectivity index (χ0v) is 9.78. The quantitative estimate of drug-likeness (QED) is 0.549. The fraction of sp³-hybridized carbons (Fsp3) is 0.111. The second kappa shape index (κ2) is 4.85. The number of nitrogen functional groups attached to an aromatic ring is 1. The number of nitrogens with zero attached hydrogens (tertiary/aromatic N) is 3. The van der Waals surface area contributed by atoms with Crippen molar-refractivity contribution in [3.8, 4) is 0 Å². The Bertz CT molecular complexity index is 523. The van der Waals surface area contributed by atoms with Gasteiger partial charge in [-0.25, -0.2) is 4.98 Å². The van der Waals surface area contributed by atoms with Gasteiger partial charge in [0.25, 0.3) is 5.91 Å². The van der Waals surface area contributed by atoms with Crippen LogP contribution in [-0.2, 0) is 0 Å². The number of amides is 1. The summed E-state index contributed by atoms with van der Waals surface area (Å²) in [4.78, 5) is 15.7. The Morgan fingerprint density at radius 1 is 1.41 bits per heavy atom. The number of hydrogen-bond acceptors (Lipinski definition) is 7. The van der Waals surface area contributed by atoms with Gasteiger partial charge in [-0.3, -0.25) is 16.0 Å². The van der Waals surface area contributed by atoms with Gasteiger partial charge in [0.15, 0.2) is 0 Å². The molecule has 0 bridgehead atoms. The zero-order chi connectivity index (χ0) is 12.3. The van der Waals surface area contributed by atoms with Crippen molar-refractivity contribution in [2.75, 3.05) is 10.7 Å². The van der Waals surface area contributed by atoms with Crippen LogP contribution in [0.3, 0.4) is 0 Å². The predicted molar refractivity (Wildman–Crippen MR) is 64.6 cm³/mol. The van der Waals surface area contributed by atoms with Crippen LogP contribution in [0.25, 0.3) is 0 Å². The molecule has 0 saturated heterocycles. The van der Waals surface area contributed by atoms with Crippen LogP contribution < -0.4 is 16.6 Å². The number of carbonyl (C=O) groups is 1. The van der Waals surface area contributed by atoms with Gasteiger partial charge in [-0.15, -0.1) is 10.2 Å². The van der Waals surface area contributed by atoms with Gasteiger partial charge in [-0.2, -0.15) is 0 Å². The molecule has 7 nitrogen and oxygen atoms in total. The minimum atomic E-state index is -0.329. The third kappa shape index (κ3) is 2.74. The summed E-state index contributed by atoms with van der Waals surface area (Å²) < 4.78 is 0. The molecule has 4 N–H and O–H groups in total. The standard InChI is InChI=1S/C9H10N6OS/c1-5-14-15-9(17-5)12-8(16)7-3-2-6(13-10)4-11-7/h2-4,13H,10H2,1H3,(H,12,15,16). The largest absolute Gasteiger partial charge is 0.323 e. The monoisotopic (exact) mass is 250 g/mol. The van der Waals surface area contributed by atoms with Crippen LogP contribution in [0, 0.1) is 6.92 Å². The highest BCUT2D eigenvalue weighted by Crippen LogP contribution is 2.14. The van der Waals surface area contributed by atoms with E-state index in [9.17, 15) is 4.79 Å². The van der Waals surface area contributed by atoms with Crippen LogP contribution in [0.15, 0.2) is 18.3 Å². The van der Waals surface area contributed by atoms with Gasteiger partial charge in [0.05, 0.1) is 11.9 Å². The molecule has 1 amide bonds. The van der Waals surface area contributed by atoms with Crippen molar-refractivity contribution in [2.24, 2.45) is 5.84 Å². The summed E-state index contributed by atoms with van der Waals surface area (Å²) in [7, 11) is 0. The first-order valence-corrected chi connectivity index (χ1v) is 5.55. The van der Waals surface area contributed by atoms with Gasteiger partial charge in [-0.1, -0.05) is 11.3 Å². The molecule has 0 spiro atoms. The number of nitrogens with one attached hydrogen (secondary N) is 2. The van der Waals surface area contributed by atoms with Gasteiger partial charge < -0.3 is 5.43 Å². The zero-order valence-electron chi connectivity index (χ0n) is 8.97. The summed E-state index contributed by atoms with van der Waals surface area (Å²) in [5.74, 6) is 4.87. The van der Waals surface area contributed by atoms with Crippen LogP contribution in [0.2, 0.25) is 0 Å². The second-order valence-corrected chi connectivity index (χ2v) is 4.34. The number of hydrogen-bond donors (Lipinski definition) is 3. The SMILES string of the molecule is Cc1nnc(NC(=O)c2ccc(NN)cn2)s1. The van der Waals surface area contributed by atoms with E-state index < -0.39 is 0 Å². The fourth-order valence-corrected chi connectivity index (χ4v) is 1.71. The molecule has 0 atom stereocenters. The molecule has 0 unspecified atom stereocenters. The van der Waals surface area contributed by atoms with E-state index in [4.69, 9.17) is 5.84 Å². The van der Waals surface area contributed by atoms with Gasteiger partial charge in [0.2, 0.25) is 5.13 Å². The average molecular weight is 250 g/mol. The van der Waals surface area contributed by atoms with E-state index in [0.717, 1.165) is 5.01 Å². The maximum Gasteiger partial charge on any atom is 0.276 e. The van der Waals surface area contributed by atoms with Crippen molar-refractivity contribution in [3.05, 3.63) is 29.0 Å². The van der Waals surface area contributed by atoms with Gasteiger partial charge in [0, 0.05) is 0 Å². The van der Waals surface area contributed by atoms with E-state index in [2.05, 4.69) is 25.9 Å². The summed E-state index contributed by atoms with van der Waals surface area (Å²) in [6.07, 6.45) is 1.47. The van der Waals surface area contributed by atoms with Crippen molar-refractivity contribution in [1.82, 2.24) is 15.2 Å². The first kappa shape index (κ1) is 11.4. The van der Waals surface area contributed by atoms with Gasteiger partial charge in [0.1, 0.15) is 10.7 Å². The molecule has 88 valence electrons. The molecular weight excluding hydrogens is 240 g/mol. The average Bonchev–Trinajstić information content (AvgIpc) is 2.75. The number of rotatable bonds is 3. The van der Waals surface area contributed by atoms with Crippen LogP contribution in [0.1, 0.15) is 15.5 Å². The molecule has 0 aliphatic carbocycles. The molecule has 0 radical (unpaired) electrons. The second-order valence-electron chi connectivity index (χ2n) is 3.16. The van der Waals surface area contributed by atoms with Crippen LogP contribution >= 0.6 is 11.3 Å². The number of aryl methyl sites for hydroxylation is 1. The predicted octanol–water partition coefficient (Wildman–Crippen LogP) is 0.779. The molecule has 0 saturated carbocycles. The smallest absolute Gasteiger partial charge is 0.276 e. The Balaban J connectivity index is 2.09. The Labute approximate surface area is 101 Å². The molecule has 0 aliphatic heterocycles. The molecule has 2 aromatic heterocycles. The number of hydrazine groups is 1. The van der Waals surface area contributed by atoms with Crippen LogP contribution in [-0.4, -0.2) is 21.1 Å². The van der Waals surface area contributed by atoms with Crippen molar-refractivity contribution >= 4 is 28.1 Å². The third-order valence-corrected chi connectivity index (χ3v) is 2.66. The number of pyridine rings is 1. The Kier molecular flexibility index (Phi) is 3.26. The maximum absolute atomic E-state index is 11.7. The summed E-state index contributed by atoms with van der Waals surface area (Å²) in [5.41, 5.74) is 3.35. The number of nitrogens with two attached hydrogens (primary N) is 1. The minimum Gasteiger partial charge on any atom is -0.323 e. The lowest BCUT2D eigenvalue weighted by Gasteiger charge is -2.02. The summed E-state index contributed by atoms with van der Waals surface area (Å²) in [5, 5.41) is 11.4. The normalized spacial score (nSPS) is 10.0. The third-order valence-electron chi connectivity index (χ3n) is 1.91. The maximum atomic E-state index is 11.7. The Hall–Kier alpha value is -2.06. The number of aromatic nitrogens is 3. The molecular formula is C9H10N6OS. The highest BCUT2D eigenvalue weighted by atomic mass is 32.1.